The van der Waals surface area contributed by atoms with E-state index in [1.165, 1.54) is 18.3 Å². The van der Waals surface area contributed by atoms with Crippen molar-refractivity contribution in [2.75, 3.05) is 5.32 Å². The quantitative estimate of drug-likeness (QED) is 0.860. The minimum Gasteiger partial charge on any atom is -0.479 e. The predicted molar refractivity (Wildman–Crippen MR) is 54.7 cm³/mol. The van der Waals surface area contributed by atoms with Crippen molar-refractivity contribution in [1.29, 1.82) is 0 Å². The van der Waals surface area contributed by atoms with Crippen molar-refractivity contribution in [3.05, 3.63) is 23.9 Å². The maximum Gasteiger partial charge on any atom is 0.422 e. The molecule has 1 aromatic heterocycles. The van der Waals surface area contributed by atoms with Crippen molar-refractivity contribution in [2.45, 2.75) is 25.6 Å². The Morgan fingerprint density at radius 3 is 2.35 bits per heavy atom. The molecule has 7 heteroatoms. The maximum absolute atomic E-state index is 12.6. The minimum atomic E-state index is -4.93. The van der Waals surface area contributed by atoms with Crippen molar-refractivity contribution in [2.24, 2.45) is 0 Å². The largest absolute Gasteiger partial charge is 0.479 e. The zero-order valence-electron chi connectivity index (χ0n) is 9.17. The molecule has 1 aromatic rings. The summed E-state index contributed by atoms with van der Waals surface area (Å²) in [6, 6.07) is 2.83. The Bertz CT molecular complexity index is 417. The van der Waals surface area contributed by atoms with E-state index in [0.29, 0.717) is 6.92 Å². The van der Waals surface area contributed by atoms with Crippen LogP contribution in [0.2, 0.25) is 0 Å². The van der Waals surface area contributed by atoms with E-state index in [0.717, 1.165) is 5.56 Å². The molecule has 0 radical (unpaired) electrons. The number of halogens is 3. The van der Waals surface area contributed by atoms with Crippen LogP contribution in [0.15, 0.2) is 18.3 Å². The first kappa shape index (κ1) is 13.3. The van der Waals surface area contributed by atoms with E-state index in [4.69, 9.17) is 5.11 Å². The Kier molecular flexibility index (Phi) is 3.30. The summed E-state index contributed by atoms with van der Waals surface area (Å²) in [5, 5.41) is 10.6. The van der Waals surface area contributed by atoms with Gasteiger partial charge in [-0.3, -0.25) is 0 Å². The number of hydrogen-bond acceptors (Lipinski definition) is 3. The lowest BCUT2D eigenvalue weighted by molar-refractivity contribution is -0.192. The van der Waals surface area contributed by atoms with E-state index in [9.17, 15) is 18.0 Å². The molecule has 1 atom stereocenters. The van der Waals surface area contributed by atoms with Gasteiger partial charge in [0.05, 0.1) is 0 Å². The number of aromatic nitrogens is 1. The highest BCUT2D eigenvalue weighted by molar-refractivity contribution is 5.83. The summed E-state index contributed by atoms with van der Waals surface area (Å²) >= 11 is 0. The molecular formula is C10H11F3N2O2. The second kappa shape index (κ2) is 4.23. The van der Waals surface area contributed by atoms with Gasteiger partial charge >= 0.3 is 12.1 Å². The van der Waals surface area contributed by atoms with Gasteiger partial charge in [0.25, 0.3) is 0 Å². The maximum atomic E-state index is 12.6. The number of carbonyl (C=O) groups is 1. The van der Waals surface area contributed by atoms with Crippen molar-refractivity contribution >= 4 is 11.8 Å². The first-order valence-corrected chi connectivity index (χ1v) is 4.68. The summed E-state index contributed by atoms with van der Waals surface area (Å²) in [5.74, 6) is -2.15. The molecule has 0 fully saturated rings. The number of alkyl halides is 3. The number of hydrogen-bond donors (Lipinski definition) is 2. The number of carboxylic acids is 1. The third-order valence-electron chi connectivity index (χ3n) is 2.28. The highest BCUT2D eigenvalue weighted by Crippen LogP contribution is 2.33. The van der Waals surface area contributed by atoms with Crippen LogP contribution in [0, 0.1) is 6.92 Å². The zero-order chi connectivity index (χ0) is 13.3. The Morgan fingerprint density at radius 2 is 2.00 bits per heavy atom. The van der Waals surface area contributed by atoms with Crippen LogP contribution >= 0.6 is 0 Å². The number of rotatable bonds is 3. The molecule has 4 nitrogen and oxygen atoms in total. The Labute approximate surface area is 95.5 Å². The first-order valence-electron chi connectivity index (χ1n) is 4.68. The lowest BCUT2D eigenvalue weighted by atomic mass is 10.0. The van der Waals surface area contributed by atoms with Crippen LogP contribution in [-0.2, 0) is 4.79 Å². The van der Waals surface area contributed by atoms with Crippen LogP contribution in [-0.4, -0.2) is 27.8 Å². The summed E-state index contributed by atoms with van der Waals surface area (Å²) in [6.45, 7) is 2.27. The standard InChI is InChI=1S/C10H11F3N2O2/c1-6-3-4-7(14-5-6)15-9(2,8(16)17)10(11,12)13/h3-5H,1-2H3,(H,14,15)(H,16,17). The van der Waals surface area contributed by atoms with Gasteiger partial charge in [-0.2, -0.15) is 13.2 Å². The van der Waals surface area contributed by atoms with Crippen molar-refractivity contribution < 1.29 is 23.1 Å². The molecule has 0 saturated heterocycles. The number of carboxylic acid groups (broad SMARTS) is 1. The van der Waals surface area contributed by atoms with Crippen LogP contribution in [0.4, 0.5) is 19.0 Å². The lowest BCUT2D eigenvalue weighted by Gasteiger charge is -2.28. The number of aryl methyl sites for hydroxylation is 1. The number of anilines is 1. The van der Waals surface area contributed by atoms with Gasteiger partial charge < -0.3 is 10.4 Å². The molecule has 0 spiro atoms. The minimum absolute atomic E-state index is 0.141. The second-order valence-electron chi connectivity index (χ2n) is 3.77. The van der Waals surface area contributed by atoms with Crippen LogP contribution in [0.5, 0.6) is 0 Å². The van der Waals surface area contributed by atoms with Gasteiger partial charge in [-0.05, 0) is 25.5 Å². The van der Waals surface area contributed by atoms with Crippen molar-refractivity contribution in [1.82, 2.24) is 4.98 Å². The molecule has 1 rings (SSSR count). The molecule has 0 amide bonds. The van der Waals surface area contributed by atoms with Gasteiger partial charge in [-0.15, -0.1) is 0 Å². The number of pyridine rings is 1. The molecule has 0 aromatic carbocycles. The fraction of sp³-hybridized carbons (Fsp3) is 0.400. The molecule has 94 valence electrons. The summed E-state index contributed by atoms with van der Waals surface area (Å²) < 4.78 is 37.9. The topological polar surface area (TPSA) is 62.2 Å². The average Bonchev–Trinajstić information content (AvgIpc) is 2.19. The van der Waals surface area contributed by atoms with E-state index in [2.05, 4.69) is 4.98 Å². The van der Waals surface area contributed by atoms with Gasteiger partial charge in [0.1, 0.15) is 5.82 Å². The molecule has 1 heterocycles. The van der Waals surface area contributed by atoms with Gasteiger partial charge in [0, 0.05) is 6.20 Å². The molecular weight excluding hydrogens is 237 g/mol. The third-order valence-corrected chi connectivity index (χ3v) is 2.28. The fourth-order valence-corrected chi connectivity index (χ4v) is 1.04. The van der Waals surface area contributed by atoms with Crippen molar-refractivity contribution in [3.8, 4) is 0 Å². The summed E-state index contributed by atoms with van der Waals surface area (Å²) in [4.78, 5) is 14.4. The fourth-order valence-electron chi connectivity index (χ4n) is 1.04. The van der Waals surface area contributed by atoms with Crippen molar-refractivity contribution in [3.63, 3.8) is 0 Å². The van der Waals surface area contributed by atoms with Gasteiger partial charge in [-0.1, -0.05) is 6.07 Å². The van der Waals surface area contributed by atoms with E-state index >= 15 is 0 Å². The normalized spacial score (nSPS) is 15.1. The van der Waals surface area contributed by atoms with Crippen LogP contribution in [0.1, 0.15) is 12.5 Å². The lowest BCUT2D eigenvalue weighted by Crippen LogP contribution is -2.55. The smallest absolute Gasteiger partial charge is 0.422 e. The SMILES string of the molecule is Cc1ccc(NC(C)(C(=O)O)C(F)(F)F)nc1. The molecule has 0 aliphatic heterocycles. The highest BCUT2D eigenvalue weighted by Gasteiger charge is 2.57. The molecule has 0 aliphatic carbocycles. The summed E-state index contributed by atoms with van der Waals surface area (Å²) in [5.41, 5.74) is -2.30. The molecule has 2 N–H and O–H groups in total. The molecule has 1 unspecified atom stereocenters. The zero-order valence-corrected chi connectivity index (χ0v) is 9.17. The first-order chi connectivity index (χ1) is 7.67. The molecule has 17 heavy (non-hydrogen) atoms. The third kappa shape index (κ3) is 2.66. The van der Waals surface area contributed by atoms with E-state index < -0.39 is 17.7 Å². The Morgan fingerprint density at radius 1 is 1.41 bits per heavy atom. The van der Waals surface area contributed by atoms with Gasteiger partial charge in [0.15, 0.2) is 0 Å². The Hall–Kier alpha value is -1.79. The predicted octanol–water partition coefficient (Wildman–Crippen LogP) is 2.21. The van der Waals surface area contributed by atoms with Crippen LogP contribution < -0.4 is 5.32 Å². The van der Waals surface area contributed by atoms with Gasteiger partial charge in [-0.25, -0.2) is 9.78 Å². The molecule has 0 aliphatic rings. The highest BCUT2D eigenvalue weighted by atomic mass is 19.4. The average molecular weight is 248 g/mol. The van der Waals surface area contributed by atoms with E-state index in [1.54, 1.807) is 6.92 Å². The van der Waals surface area contributed by atoms with E-state index in [-0.39, 0.29) is 5.82 Å². The monoisotopic (exact) mass is 248 g/mol. The van der Waals surface area contributed by atoms with Crippen LogP contribution in [0.25, 0.3) is 0 Å². The summed E-state index contributed by atoms with van der Waals surface area (Å²) in [7, 11) is 0. The van der Waals surface area contributed by atoms with Crippen LogP contribution in [0.3, 0.4) is 0 Å². The molecule has 0 bridgehead atoms. The number of nitrogens with one attached hydrogen (secondary N) is 1. The number of aliphatic carboxylic acids is 1. The van der Waals surface area contributed by atoms with E-state index in [1.807, 2.05) is 5.32 Å². The molecule has 0 saturated carbocycles. The van der Waals surface area contributed by atoms with Gasteiger partial charge in [0.2, 0.25) is 5.54 Å². The Balaban J connectivity index is 3.04. The number of nitrogens with zero attached hydrogens (tertiary/aromatic N) is 1. The summed E-state index contributed by atoms with van der Waals surface area (Å²) in [6.07, 6.45) is -3.58. The second-order valence-corrected chi connectivity index (χ2v) is 3.77.